The molecule has 266 valence electrons. The topological polar surface area (TPSA) is 170 Å². The number of phenolic OH excluding ortho intramolecular Hbond substituents is 3. The van der Waals surface area contributed by atoms with E-state index in [1.807, 2.05) is 0 Å². The van der Waals surface area contributed by atoms with E-state index in [9.17, 15) is 30.0 Å². The Bertz CT molecular complexity index is 1880. The van der Waals surface area contributed by atoms with Gasteiger partial charge in [0, 0.05) is 12.2 Å². The van der Waals surface area contributed by atoms with Crippen LogP contribution in [0.2, 0.25) is 0 Å². The van der Waals surface area contributed by atoms with Crippen molar-refractivity contribution in [2.75, 3.05) is 34.5 Å². The summed E-state index contributed by atoms with van der Waals surface area (Å²) in [5.74, 6) is -0.409. The van der Waals surface area contributed by atoms with Crippen molar-refractivity contribution in [3.8, 4) is 40.2 Å². The molecule has 4 aromatic rings. The van der Waals surface area contributed by atoms with Gasteiger partial charge in [-0.05, 0) is 89.0 Å². The molecule has 0 radical (unpaired) electrons. The average molecular weight is 699 g/mol. The second-order valence-electron chi connectivity index (χ2n) is 10.8. The van der Waals surface area contributed by atoms with Gasteiger partial charge in [0.15, 0.2) is 40.6 Å². The summed E-state index contributed by atoms with van der Waals surface area (Å²) in [6.07, 6.45) is 6.40. The Hall–Kier alpha value is -6.40. The minimum atomic E-state index is -1.35. The van der Waals surface area contributed by atoms with E-state index in [2.05, 4.69) is 0 Å². The molecule has 0 aliphatic carbocycles. The number of hydrogen-bond acceptors (Lipinski definition) is 12. The number of hydrogen-bond donors (Lipinski definition) is 4. The number of carbonyl (C=O) groups is 2. The van der Waals surface area contributed by atoms with Crippen molar-refractivity contribution in [3.05, 3.63) is 119 Å². The predicted octanol–water partition coefficient (Wildman–Crippen LogP) is 5.84. The van der Waals surface area contributed by atoms with Crippen LogP contribution in [0.3, 0.4) is 0 Å². The quantitative estimate of drug-likeness (QED) is 0.0816. The summed E-state index contributed by atoms with van der Waals surface area (Å²) in [6.45, 7) is -0.381. The number of aliphatic hydroxyl groups excluding tert-OH is 1. The van der Waals surface area contributed by atoms with Crippen LogP contribution in [0.5, 0.6) is 40.2 Å². The van der Waals surface area contributed by atoms with E-state index >= 15 is 0 Å². The summed E-state index contributed by atoms with van der Waals surface area (Å²) in [4.78, 5) is 24.8. The van der Waals surface area contributed by atoms with Crippen molar-refractivity contribution >= 4 is 30.2 Å². The van der Waals surface area contributed by atoms with Crippen LogP contribution >= 0.6 is 0 Å². The molecule has 12 nitrogen and oxygen atoms in total. The summed E-state index contributed by atoms with van der Waals surface area (Å²) >= 11 is 0. The number of carbonyl (C=O) groups excluding carboxylic acids is 2. The molecule has 4 aromatic carbocycles. The molecule has 2 atom stereocenters. The van der Waals surface area contributed by atoms with E-state index in [0.717, 1.165) is 5.56 Å². The Kier molecular flexibility index (Phi) is 13.5. The van der Waals surface area contributed by atoms with E-state index in [1.54, 1.807) is 60.7 Å². The lowest BCUT2D eigenvalue weighted by Crippen LogP contribution is -2.31. The molecule has 0 fully saturated rings. The molecule has 0 amide bonds. The summed E-state index contributed by atoms with van der Waals surface area (Å²) in [5.41, 5.74) is 2.32. The zero-order chi connectivity index (χ0) is 36.8. The maximum atomic E-state index is 12.7. The predicted molar refractivity (Wildman–Crippen MR) is 189 cm³/mol. The molecule has 51 heavy (non-hydrogen) atoms. The summed E-state index contributed by atoms with van der Waals surface area (Å²) in [5, 5.41) is 40.6. The van der Waals surface area contributed by atoms with Crippen molar-refractivity contribution in [3.63, 3.8) is 0 Å². The van der Waals surface area contributed by atoms with Gasteiger partial charge in [-0.1, -0.05) is 36.4 Å². The van der Waals surface area contributed by atoms with Crippen molar-refractivity contribution in [2.24, 2.45) is 0 Å². The average Bonchev–Trinajstić information content (AvgIpc) is 3.14. The van der Waals surface area contributed by atoms with Gasteiger partial charge in [-0.2, -0.15) is 0 Å². The highest BCUT2D eigenvalue weighted by atomic mass is 16.6. The van der Waals surface area contributed by atoms with Gasteiger partial charge >= 0.3 is 11.9 Å². The second kappa shape index (κ2) is 18.4. The van der Waals surface area contributed by atoms with Crippen LogP contribution in [0.1, 0.15) is 28.4 Å². The molecule has 0 aliphatic rings. The number of aromatic hydroxyl groups is 3. The zero-order valence-corrected chi connectivity index (χ0v) is 28.1. The Morgan fingerprint density at radius 3 is 1.86 bits per heavy atom. The minimum Gasteiger partial charge on any atom is -0.508 e. The third-order valence-electron chi connectivity index (χ3n) is 7.31. The first-order valence-electron chi connectivity index (χ1n) is 15.5. The van der Waals surface area contributed by atoms with Crippen LogP contribution in [-0.4, -0.2) is 73.0 Å². The minimum absolute atomic E-state index is 0.00375. The third kappa shape index (κ3) is 11.1. The highest BCUT2D eigenvalue weighted by Crippen LogP contribution is 2.34. The van der Waals surface area contributed by atoms with Gasteiger partial charge < -0.3 is 48.8 Å². The van der Waals surface area contributed by atoms with E-state index in [1.165, 1.54) is 76.0 Å². The number of methoxy groups -OCH3 is 3. The fourth-order valence-electron chi connectivity index (χ4n) is 4.62. The van der Waals surface area contributed by atoms with Gasteiger partial charge in [-0.25, -0.2) is 9.59 Å². The Morgan fingerprint density at radius 2 is 1.18 bits per heavy atom. The fourth-order valence-corrected chi connectivity index (χ4v) is 4.62. The van der Waals surface area contributed by atoms with E-state index in [0.29, 0.717) is 22.4 Å². The van der Waals surface area contributed by atoms with Crippen LogP contribution < -0.4 is 18.9 Å². The van der Waals surface area contributed by atoms with E-state index in [-0.39, 0.29) is 47.7 Å². The van der Waals surface area contributed by atoms with Gasteiger partial charge in [-0.15, -0.1) is 0 Å². The van der Waals surface area contributed by atoms with Gasteiger partial charge in [0.25, 0.3) is 0 Å². The van der Waals surface area contributed by atoms with Crippen LogP contribution in [0.4, 0.5) is 0 Å². The van der Waals surface area contributed by atoms with Crippen molar-refractivity contribution in [2.45, 2.75) is 12.2 Å². The normalized spacial score (nSPS) is 12.5. The SMILES string of the molecule is COc1cc(C=CC(=O)OCC(Oc2ccc(C=CCOC(=O)C=Cc3ccc(O)cc3)cc2OC)C(O)c2ccc(O)c(OC)c2)ccc1O. The zero-order valence-electron chi connectivity index (χ0n) is 28.1. The lowest BCUT2D eigenvalue weighted by atomic mass is 10.0. The largest absolute Gasteiger partial charge is 0.508 e. The summed E-state index contributed by atoms with van der Waals surface area (Å²) in [7, 11) is 4.22. The molecule has 0 bridgehead atoms. The van der Waals surface area contributed by atoms with Gasteiger partial charge in [0.1, 0.15) is 25.1 Å². The Morgan fingerprint density at radius 1 is 0.627 bits per heavy atom. The molecular weight excluding hydrogens is 660 g/mol. The highest BCUT2D eigenvalue weighted by molar-refractivity contribution is 5.87. The number of rotatable bonds is 16. The van der Waals surface area contributed by atoms with Gasteiger partial charge in [-0.3, -0.25) is 0 Å². The molecule has 12 heteroatoms. The van der Waals surface area contributed by atoms with E-state index in [4.69, 9.17) is 28.4 Å². The molecule has 2 unspecified atom stereocenters. The van der Waals surface area contributed by atoms with Crippen molar-refractivity contribution in [1.82, 2.24) is 0 Å². The number of aliphatic hydroxyl groups is 1. The molecule has 0 aliphatic heterocycles. The fraction of sp³-hybridized carbons (Fsp3) is 0.179. The monoisotopic (exact) mass is 698 g/mol. The summed E-state index contributed by atoms with van der Waals surface area (Å²) < 4.78 is 32.6. The molecular formula is C39H38O12. The molecule has 4 rings (SSSR count). The first kappa shape index (κ1) is 37.4. The lowest BCUT2D eigenvalue weighted by Gasteiger charge is -2.25. The van der Waals surface area contributed by atoms with Crippen LogP contribution in [0.15, 0.2) is 97.1 Å². The second-order valence-corrected chi connectivity index (χ2v) is 10.8. The Labute approximate surface area is 294 Å². The van der Waals surface area contributed by atoms with Crippen LogP contribution in [0.25, 0.3) is 18.2 Å². The van der Waals surface area contributed by atoms with Crippen LogP contribution in [0, 0.1) is 0 Å². The first-order chi connectivity index (χ1) is 24.6. The maximum absolute atomic E-state index is 12.7. The first-order valence-corrected chi connectivity index (χ1v) is 15.5. The number of benzene rings is 4. The molecule has 0 saturated carbocycles. The van der Waals surface area contributed by atoms with Gasteiger partial charge in [0.2, 0.25) is 0 Å². The van der Waals surface area contributed by atoms with Crippen molar-refractivity contribution in [1.29, 1.82) is 0 Å². The molecule has 0 spiro atoms. The number of ether oxygens (including phenoxy) is 6. The van der Waals surface area contributed by atoms with Gasteiger partial charge in [0.05, 0.1) is 21.3 Å². The molecule has 4 N–H and O–H groups in total. The highest BCUT2D eigenvalue weighted by Gasteiger charge is 2.27. The number of esters is 2. The van der Waals surface area contributed by atoms with Crippen LogP contribution in [-0.2, 0) is 19.1 Å². The van der Waals surface area contributed by atoms with E-state index < -0.39 is 24.1 Å². The summed E-state index contributed by atoms with van der Waals surface area (Å²) in [6, 6.07) is 20.2. The molecule has 0 saturated heterocycles. The third-order valence-corrected chi connectivity index (χ3v) is 7.31. The standard InChI is InChI=1S/C39H38O12/c1-46-33-21-27(8-15-30(33)41)11-19-38(44)50-24-36(39(45)28-12-16-31(42)34(23-28)47-2)51-32-17-9-26(22-35(32)48-3)5-4-20-49-37(43)18-10-25-6-13-29(40)14-7-25/h4-19,21-23,36,39-42,45H,20,24H2,1-3H3. The van der Waals surface area contributed by atoms with Crippen molar-refractivity contribution < 1.29 is 58.4 Å². The molecule has 0 aromatic heterocycles. The maximum Gasteiger partial charge on any atom is 0.331 e. The number of phenols is 3. The lowest BCUT2D eigenvalue weighted by molar-refractivity contribution is -0.142. The Balaban J connectivity index is 1.45. The smallest absolute Gasteiger partial charge is 0.331 e. The molecule has 0 heterocycles.